The molecule has 5 nitrogen and oxygen atoms in total. The molecular formula is C18H29Cl2N3O2. The van der Waals surface area contributed by atoms with Gasteiger partial charge < -0.3 is 14.8 Å². The molecule has 0 saturated carbocycles. The van der Waals surface area contributed by atoms with Crippen molar-refractivity contribution in [3.63, 3.8) is 0 Å². The van der Waals surface area contributed by atoms with Crippen LogP contribution in [-0.4, -0.2) is 74.9 Å². The van der Waals surface area contributed by atoms with E-state index in [0.29, 0.717) is 17.7 Å². The Morgan fingerprint density at radius 1 is 1.24 bits per heavy atom. The Labute approximate surface area is 162 Å². The van der Waals surface area contributed by atoms with Crippen LogP contribution in [0, 0.1) is 0 Å². The first-order valence-electron chi connectivity index (χ1n) is 8.88. The summed E-state index contributed by atoms with van der Waals surface area (Å²) in [7, 11) is 0. The van der Waals surface area contributed by atoms with Gasteiger partial charge in [0.25, 0.3) is 0 Å². The van der Waals surface area contributed by atoms with E-state index in [2.05, 4.69) is 28.1 Å². The summed E-state index contributed by atoms with van der Waals surface area (Å²) in [5, 5.41) is 4.18. The molecule has 0 bridgehead atoms. The Balaban J connectivity index is 0.00000225. The van der Waals surface area contributed by atoms with E-state index >= 15 is 0 Å². The third kappa shape index (κ3) is 6.59. The van der Waals surface area contributed by atoms with E-state index in [0.717, 1.165) is 64.8 Å². The Hall–Kier alpha value is -0.560. The van der Waals surface area contributed by atoms with Crippen LogP contribution in [0.25, 0.3) is 0 Å². The van der Waals surface area contributed by atoms with Crippen LogP contribution in [0.5, 0.6) is 5.75 Å². The highest BCUT2D eigenvalue weighted by molar-refractivity contribution is 6.32. The molecular weight excluding hydrogens is 361 g/mol. The number of hydrogen-bond donors (Lipinski definition) is 1. The molecule has 1 aromatic carbocycles. The molecule has 1 aromatic rings. The Bertz CT molecular complexity index is 527. The predicted octanol–water partition coefficient (Wildman–Crippen LogP) is 2.27. The summed E-state index contributed by atoms with van der Waals surface area (Å²) in [5.41, 5.74) is 1.25. The first-order chi connectivity index (χ1) is 11.7. The zero-order valence-electron chi connectivity index (χ0n) is 14.9. The predicted molar refractivity (Wildman–Crippen MR) is 104 cm³/mol. The summed E-state index contributed by atoms with van der Waals surface area (Å²) in [6.07, 6.45) is 0. The van der Waals surface area contributed by atoms with Crippen LogP contribution in [0.3, 0.4) is 0 Å². The molecule has 0 radical (unpaired) electrons. The van der Waals surface area contributed by atoms with Gasteiger partial charge in [0, 0.05) is 51.9 Å². The number of nitrogens with zero attached hydrogens (tertiary/aromatic N) is 2. The number of hydrogen-bond acceptors (Lipinski definition) is 5. The van der Waals surface area contributed by atoms with Crippen LogP contribution in [0.15, 0.2) is 18.2 Å². The van der Waals surface area contributed by atoms with Gasteiger partial charge in [-0.2, -0.15) is 0 Å². The molecule has 2 heterocycles. The van der Waals surface area contributed by atoms with Crippen LogP contribution in [0.4, 0.5) is 0 Å². The van der Waals surface area contributed by atoms with Crippen LogP contribution in [0.2, 0.25) is 5.02 Å². The first kappa shape index (κ1) is 20.7. The van der Waals surface area contributed by atoms with Gasteiger partial charge in [-0.05, 0) is 24.6 Å². The van der Waals surface area contributed by atoms with Crippen molar-refractivity contribution in [2.45, 2.75) is 19.5 Å². The van der Waals surface area contributed by atoms with Gasteiger partial charge in [-0.3, -0.25) is 9.80 Å². The summed E-state index contributed by atoms with van der Waals surface area (Å²) < 4.78 is 11.2. The SMILES string of the molecule is C[C@@H]1CN(Cc2ccc(OCCN3CCOCC3)c(Cl)c2)CCN1.Cl. The van der Waals surface area contributed by atoms with Crippen LogP contribution in [-0.2, 0) is 11.3 Å². The average Bonchev–Trinajstić information content (AvgIpc) is 2.58. The maximum absolute atomic E-state index is 6.41. The quantitative estimate of drug-likeness (QED) is 0.807. The van der Waals surface area contributed by atoms with Crippen molar-refractivity contribution in [1.29, 1.82) is 0 Å². The van der Waals surface area contributed by atoms with Crippen molar-refractivity contribution in [2.24, 2.45) is 0 Å². The summed E-state index contributed by atoms with van der Waals surface area (Å²) in [5.74, 6) is 0.780. The zero-order chi connectivity index (χ0) is 16.8. The largest absolute Gasteiger partial charge is 0.491 e. The molecule has 2 saturated heterocycles. The van der Waals surface area contributed by atoms with E-state index in [-0.39, 0.29) is 12.4 Å². The molecule has 1 N–H and O–H groups in total. The highest BCUT2D eigenvalue weighted by atomic mass is 35.5. The number of morpholine rings is 1. The minimum atomic E-state index is 0. The van der Waals surface area contributed by atoms with E-state index in [1.807, 2.05) is 12.1 Å². The normalized spacial score (nSPS) is 22.4. The number of ether oxygens (including phenoxy) is 2. The van der Waals surface area contributed by atoms with Crippen molar-refractivity contribution in [2.75, 3.05) is 59.1 Å². The lowest BCUT2D eigenvalue weighted by molar-refractivity contribution is 0.0322. The van der Waals surface area contributed by atoms with E-state index in [1.54, 1.807) is 0 Å². The van der Waals surface area contributed by atoms with Crippen molar-refractivity contribution >= 4 is 24.0 Å². The molecule has 1 atom stereocenters. The molecule has 0 amide bonds. The number of benzene rings is 1. The molecule has 0 aromatic heterocycles. The minimum absolute atomic E-state index is 0. The van der Waals surface area contributed by atoms with Crippen molar-refractivity contribution in [3.05, 3.63) is 28.8 Å². The zero-order valence-corrected chi connectivity index (χ0v) is 16.5. The number of piperazine rings is 1. The fourth-order valence-corrected chi connectivity index (χ4v) is 3.54. The molecule has 25 heavy (non-hydrogen) atoms. The fraction of sp³-hybridized carbons (Fsp3) is 0.667. The Kier molecular flexibility index (Phi) is 8.76. The van der Waals surface area contributed by atoms with Crippen molar-refractivity contribution in [3.8, 4) is 5.75 Å². The van der Waals surface area contributed by atoms with Gasteiger partial charge in [-0.15, -0.1) is 12.4 Å². The van der Waals surface area contributed by atoms with Gasteiger partial charge in [-0.25, -0.2) is 0 Å². The topological polar surface area (TPSA) is 37.0 Å². The molecule has 7 heteroatoms. The highest BCUT2D eigenvalue weighted by Gasteiger charge is 2.16. The van der Waals surface area contributed by atoms with Gasteiger partial charge in [0.1, 0.15) is 12.4 Å². The van der Waals surface area contributed by atoms with E-state index in [1.165, 1.54) is 5.56 Å². The lowest BCUT2D eigenvalue weighted by Crippen LogP contribution is -2.48. The van der Waals surface area contributed by atoms with Gasteiger partial charge in [0.05, 0.1) is 18.2 Å². The third-order valence-corrected chi connectivity index (χ3v) is 4.92. The standard InChI is InChI=1S/C18H28ClN3O2.ClH/c1-15-13-22(5-4-20-15)14-16-2-3-18(17(19)12-16)24-11-8-21-6-9-23-10-7-21;/h2-3,12,15,20H,4-11,13-14H2,1H3;1H/t15-;/m1./s1. The molecule has 3 rings (SSSR count). The Morgan fingerprint density at radius 3 is 2.76 bits per heavy atom. The maximum Gasteiger partial charge on any atom is 0.137 e. The fourth-order valence-electron chi connectivity index (χ4n) is 3.28. The summed E-state index contributed by atoms with van der Waals surface area (Å²) in [6.45, 7) is 11.6. The molecule has 0 spiro atoms. The van der Waals surface area contributed by atoms with E-state index < -0.39 is 0 Å². The molecule has 2 aliphatic rings. The molecule has 0 unspecified atom stereocenters. The lowest BCUT2D eigenvalue weighted by atomic mass is 10.1. The molecule has 2 fully saturated rings. The Morgan fingerprint density at radius 2 is 2.04 bits per heavy atom. The molecule has 142 valence electrons. The van der Waals surface area contributed by atoms with Crippen molar-refractivity contribution < 1.29 is 9.47 Å². The lowest BCUT2D eigenvalue weighted by Gasteiger charge is -2.31. The van der Waals surface area contributed by atoms with Crippen LogP contribution < -0.4 is 10.1 Å². The number of nitrogens with one attached hydrogen (secondary N) is 1. The smallest absolute Gasteiger partial charge is 0.137 e. The van der Waals surface area contributed by atoms with Crippen LogP contribution in [0.1, 0.15) is 12.5 Å². The minimum Gasteiger partial charge on any atom is -0.491 e. The summed E-state index contributed by atoms with van der Waals surface area (Å²) in [6, 6.07) is 6.72. The van der Waals surface area contributed by atoms with Gasteiger partial charge >= 0.3 is 0 Å². The van der Waals surface area contributed by atoms with Gasteiger partial charge in [0.2, 0.25) is 0 Å². The van der Waals surface area contributed by atoms with Gasteiger partial charge in [-0.1, -0.05) is 17.7 Å². The highest BCUT2D eigenvalue weighted by Crippen LogP contribution is 2.26. The molecule has 0 aliphatic carbocycles. The second-order valence-corrected chi connectivity index (χ2v) is 7.06. The monoisotopic (exact) mass is 389 g/mol. The maximum atomic E-state index is 6.41. The van der Waals surface area contributed by atoms with Crippen molar-refractivity contribution in [1.82, 2.24) is 15.1 Å². The second kappa shape index (κ2) is 10.6. The van der Waals surface area contributed by atoms with E-state index in [4.69, 9.17) is 21.1 Å². The van der Waals surface area contributed by atoms with E-state index in [9.17, 15) is 0 Å². The van der Waals surface area contributed by atoms with Gasteiger partial charge in [0.15, 0.2) is 0 Å². The summed E-state index contributed by atoms with van der Waals surface area (Å²) >= 11 is 6.41. The number of halogens is 2. The summed E-state index contributed by atoms with van der Waals surface area (Å²) in [4.78, 5) is 4.82. The number of rotatable bonds is 6. The second-order valence-electron chi connectivity index (χ2n) is 6.66. The van der Waals surface area contributed by atoms with Crippen LogP contribution >= 0.6 is 24.0 Å². The first-order valence-corrected chi connectivity index (χ1v) is 9.25. The average molecular weight is 390 g/mol. The third-order valence-electron chi connectivity index (χ3n) is 4.62. The molecule has 2 aliphatic heterocycles.